The highest BCUT2D eigenvalue weighted by molar-refractivity contribution is 7.19. The summed E-state index contributed by atoms with van der Waals surface area (Å²) in [4.78, 5) is 19.9. The van der Waals surface area contributed by atoms with Gasteiger partial charge in [0.15, 0.2) is 10.3 Å². The molecule has 0 bridgehead atoms. The Labute approximate surface area is 94.0 Å². The van der Waals surface area contributed by atoms with Crippen LogP contribution in [0.15, 0.2) is 11.6 Å². The highest BCUT2D eigenvalue weighted by atomic mass is 32.1. The number of carbonyl (C=O) groups is 1. The summed E-state index contributed by atoms with van der Waals surface area (Å²) in [5.74, 6) is -0.131. The minimum Gasteiger partial charge on any atom is -0.375 e. The fraction of sp³-hybridized carbons (Fsp3) is 0.125. The Hall–Kier alpha value is -1.47. The summed E-state index contributed by atoms with van der Waals surface area (Å²) in [7, 11) is 0. The van der Waals surface area contributed by atoms with Gasteiger partial charge in [0.05, 0.1) is 10.6 Å². The van der Waals surface area contributed by atoms with Gasteiger partial charge in [-0.05, 0) is 0 Å². The Bertz CT molecular complexity index is 490. The number of rotatable bonds is 2. The second-order valence-electron chi connectivity index (χ2n) is 2.78. The number of nitrogens with two attached hydrogens (primary N) is 1. The maximum atomic E-state index is 10.8. The van der Waals surface area contributed by atoms with Crippen LogP contribution in [0.5, 0.6) is 0 Å². The van der Waals surface area contributed by atoms with Gasteiger partial charge in [0.2, 0.25) is 5.91 Å². The summed E-state index contributed by atoms with van der Waals surface area (Å²) in [6.07, 6.45) is 1.67. The molecule has 0 atom stereocenters. The van der Waals surface area contributed by atoms with Crippen molar-refractivity contribution < 1.29 is 4.79 Å². The summed E-state index contributed by atoms with van der Waals surface area (Å²) in [5.41, 5.74) is 6.32. The molecule has 0 aliphatic carbocycles. The van der Waals surface area contributed by atoms with Crippen molar-refractivity contribution in [2.75, 3.05) is 11.1 Å². The van der Waals surface area contributed by atoms with Crippen LogP contribution in [0.3, 0.4) is 0 Å². The van der Waals surface area contributed by atoms with Crippen molar-refractivity contribution >= 4 is 38.8 Å². The van der Waals surface area contributed by atoms with E-state index in [0.717, 1.165) is 10.6 Å². The van der Waals surface area contributed by atoms with Gasteiger partial charge in [-0.2, -0.15) is 0 Å². The maximum absolute atomic E-state index is 10.8. The third kappa shape index (κ3) is 2.31. The zero-order valence-electron chi connectivity index (χ0n) is 7.85. The molecule has 0 saturated heterocycles. The monoisotopic (exact) mass is 240 g/mol. The van der Waals surface area contributed by atoms with Crippen LogP contribution in [0.2, 0.25) is 0 Å². The van der Waals surface area contributed by atoms with Gasteiger partial charge in [0.25, 0.3) is 0 Å². The number of hydrogen-bond acceptors (Lipinski definition) is 6. The standard InChI is InChI=1S/C8H8N4OS2/c1-4(13)11-8-10-2-6(15-8)5-3-14-7(9)12-5/h2-3H,1H3,(H2,9,12)(H,10,11,13). The first-order chi connectivity index (χ1) is 7.15. The van der Waals surface area contributed by atoms with Crippen molar-refractivity contribution in [3.63, 3.8) is 0 Å². The van der Waals surface area contributed by atoms with E-state index in [1.807, 2.05) is 5.38 Å². The first kappa shape index (κ1) is 10.1. The van der Waals surface area contributed by atoms with Gasteiger partial charge in [-0.25, -0.2) is 9.97 Å². The summed E-state index contributed by atoms with van der Waals surface area (Å²) in [6.45, 7) is 1.45. The Kier molecular flexibility index (Phi) is 2.65. The van der Waals surface area contributed by atoms with Gasteiger partial charge >= 0.3 is 0 Å². The molecule has 2 aromatic heterocycles. The average Bonchev–Trinajstić information content (AvgIpc) is 2.72. The Morgan fingerprint density at radius 3 is 3.00 bits per heavy atom. The third-order valence-electron chi connectivity index (χ3n) is 1.56. The van der Waals surface area contributed by atoms with Crippen LogP contribution in [0.4, 0.5) is 10.3 Å². The third-order valence-corrected chi connectivity index (χ3v) is 3.17. The van der Waals surface area contributed by atoms with Crippen molar-refractivity contribution in [2.24, 2.45) is 0 Å². The summed E-state index contributed by atoms with van der Waals surface area (Å²) in [6, 6.07) is 0. The molecule has 2 rings (SSSR count). The molecule has 0 aliphatic heterocycles. The van der Waals surface area contributed by atoms with Crippen molar-refractivity contribution in [3.05, 3.63) is 11.6 Å². The quantitative estimate of drug-likeness (QED) is 0.838. The van der Waals surface area contributed by atoms with Gasteiger partial charge in [0.1, 0.15) is 0 Å². The Morgan fingerprint density at radius 1 is 1.60 bits per heavy atom. The van der Waals surface area contributed by atoms with Crippen LogP contribution in [-0.4, -0.2) is 15.9 Å². The van der Waals surface area contributed by atoms with Crippen molar-refractivity contribution in [1.82, 2.24) is 9.97 Å². The van der Waals surface area contributed by atoms with Crippen LogP contribution in [0.1, 0.15) is 6.92 Å². The molecule has 5 nitrogen and oxygen atoms in total. The lowest BCUT2D eigenvalue weighted by Crippen LogP contribution is -2.04. The van der Waals surface area contributed by atoms with E-state index >= 15 is 0 Å². The largest absolute Gasteiger partial charge is 0.375 e. The lowest BCUT2D eigenvalue weighted by molar-refractivity contribution is -0.114. The number of anilines is 2. The van der Waals surface area contributed by atoms with Gasteiger partial charge in [-0.3, -0.25) is 4.79 Å². The number of aromatic nitrogens is 2. The van der Waals surface area contributed by atoms with Crippen LogP contribution in [0.25, 0.3) is 10.6 Å². The normalized spacial score (nSPS) is 10.2. The van der Waals surface area contributed by atoms with E-state index in [0.29, 0.717) is 10.3 Å². The van der Waals surface area contributed by atoms with E-state index in [4.69, 9.17) is 5.73 Å². The first-order valence-electron chi connectivity index (χ1n) is 4.10. The molecule has 0 radical (unpaired) electrons. The predicted octanol–water partition coefficient (Wildman–Crippen LogP) is 1.81. The number of nitrogens with zero attached hydrogens (tertiary/aromatic N) is 2. The second-order valence-corrected chi connectivity index (χ2v) is 4.70. The lowest BCUT2D eigenvalue weighted by Gasteiger charge is -1.92. The molecule has 0 fully saturated rings. The summed E-state index contributed by atoms with van der Waals surface area (Å²) < 4.78 is 0. The molecule has 2 aromatic rings. The lowest BCUT2D eigenvalue weighted by atomic mass is 10.4. The van der Waals surface area contributed by atoms with Gasteiger partial charge in [-0.15, -0.1) is 11.3 Å². The number of nitrogen functional groups attached to an aromatic ring is 1. The second kappa shape index (κ2) is 3.95. The van der Waals surface area contributed by atoms with Gasteiger partial charge in [0, 0.05) is 18.5 Å². The van der Waals surface area contributed by atoms with Crippen LogP contribution < -0.4 is 11.1 Å². The van der Waals surface area contributed by atoms with Gasteiger partial charge in [-0.1, -0.05) is 11.3 Å². The topological polar surface area (TPSA) is 80.9 Å². The van der Waals surface area contributed by atoms with Crippen molar-refractivity contribution in [3.8, 4) is 10.6 Å². The van der Waals surface area contributed by atoms with Crippen molar-refractivity contribution in [2.45, 2.75) is 6.92 Å². The molecular formula is C8H8N4OS2. The highest BCUT2D eigenvalue weighted by Gasteiger charge is 2.08. The molecule has 1 amide bonds. The summed E-state index contributed by atoms with van der Waals surface area (Å²) in [5, 5.41) is 5.58. The average molecular weight is 240 g/mol. The molecule has 15 heavy (non-hydrogen) atoms. The van der Waals surface area contributed by atoms with Crippen LogP contribution in [-0.2, 0) is 4.79 Å². The molecule has 0 unspecified atom stereocenters. The maximum Gasteiger partial charge on any atom is 0.223 e. The molecule has 78 valence electrons. The van der Waals surface area contributed by atoms with E-state index < -0.39 is 0 Å². The first-order valence-corrected chi connectivity index (χ1v) is 5.79. The van der Waals surface area contributed by atoms with Crippen molar-refractivity contribution in [1.29, 1.82) is 0 Å². The molecule has 3 N–H and O–H groups in total. The number of thiazole rings is 2. The molecule has 0 aromatic carbocycles. The molecule has 0 saturated carbocycles. The van der Waals surface area contributed by atoms with E-state index in [2.05, 4.69) is 15.3 Å². The Morgan fingerprint density at radius 2 is 2.40 bits per heavy atom. The zero-order chi connectivity index (χ0) is 10.8. The number of amides is 1. The number of nitrogens with one attached hydrogen (secondary N) is 1. The zero-order valence-corrected chi connectivity index (χ0v) is 9.48. The van der Waals surface area contributed by atoms with E-state index in [-0.39, 0.29) is 5.91 Å². The predicted molar refractivity (Wildman–Crippen MR) is 61.9 cm³/mol. The number of carbonyl (C=O) groups excluding carboxylic acids is 1. The smallest absolute Gasteiger partial charge is 0.223 e. The minimum absolute atomic E-state index is 0.131. The molecule has 2 heterocycles. The summed E-state index contributed by atoms with van der Waals surface area (Å²) >= 11 is 2.75. The minimum atomic E-state index is -0.131. The number of hydrogen-bond donors (Lipinski definition) is 2. The highest BCUT2D eigenvalue weighted by Crippen LogP contribution is 2.30. The van der Waals surface area contributed by atoms with Gasteiger partial charge < -0.3 is 11.1 Å². The molecular weight excluding hydrogens is 232 g/mol. The fourth-order valence-corrected chi connectivity index (χ4v) is 2.46. The van der Waals surface area contributed by atoms with E-state index in [1.165, 1.54) is 29.6 Å². The van der Waals surface area contributed by atoms with Crippen LogP contribution >= 0.6 is 22.7 Å². The molecule has 7 heteroatoms. The molecule has 0 spiro atoms. The van der Waals surface area contributed by atoms with E-state index in [1.54, 1.807) is 6.20 Å². The van der Waals surface area contributed by atoms with Crippen LogP contribution in [0, 0.1) is 0 Å². The van der Waals surface area contributed by atoms with E-state index in [9.17, 15) is 4.79 Å². The Balaban J connectivity index is 2.23. The molecule has 0 aliphatic rings. The SMILES string of the molecule is CC(=O)Nc1ncc(-c2csc(N)n2)s1. The fourth-order valence-electron chi connectivity index (χ4n) is 1.00.